The molecule has 0 aliphatic rings. The Bertz CT molecular complexity index is 984. The summed E-state index contributed by atoms with van der Waals surface area (Å²) in [7, 11) is 1.57. The van der Waals surface area contributed by atoms with E-state index in [0.29, 0.717) is 17.5 Å². The lowest BCUT2D eigenvalue weighted by molar-refractivity contribution is 0.142. The highest BCUT2D eigenvalue weighted by molar-refractivity contribution is 6.33. The number of hydrogen-bond donors (Lipinski definition) is 0. The number of nitrogens with zero attached hydrogens (tertiary/aromatic N) is 3. The monoisotopic (exact) mass is 403 g/mol. The fraction of sp³-hybridized carbons (Fsp3) is 0.455. The van der Waals surface area contributed by atoms with Crippen LogP contribution in [0.25, 0.3) is 22.3 Å². The van der Waals surface area contributed by atoms with Gasteiger partial charge in [0.05, 0.1) is 34.4 Å². The summed E-state index contributed by atoms with van der Waals surface area (Å²) >= 11 is 6.65. The first-order valence-electron chi connectivity index (χ1n) is 9.63. The van der Waals surface area contributed by atoms with Crippen LogP contribution < -0.4 is 0 Å². The molecule has 3 heterocycles. The molecule has 0 unspecified atom stereocenters. The Morgan fingerprint density at radius 3 is 2.61 bits per heavy atom. The molecule has 0 saturated carbocycles. The molecular formula is C22H27ClFN3O. The normalized spacial score (nSPS) is 12.9. The van der Waals surface area contributed by atoms with Crippen molar-refractivity contribution < 1.29 is 9.13 Å². The highest BCUT2D eigenvalue weighted by Gasteiger charge is 2.20. The molecule has 0 fully saturated rings. The van der Waals surface area contributed by atoms with Crippen molar-refractivity contribution >= 4 is 22.6 Å². The fourth-order valence-corrected chi connectivity index (χ4v) is 3.76. The number of halogens is 2. The van der Waals surface area contributed by atoms with Crippen LogP contribution in [-0.4, -0.2) is 34.9 Å². The van der Waals surface area contributed by atoms with Gasteiger partial charge in [-0.05, 0) is 43.0 Å². The minimum atomic E-state index is -0.517. The standard InChI is InChI=1S/C22H27ClFN3O/c1-6-18-16(7-8-19(25-18)13(2)3)22-17(23)9-20-21(26-22)14(4)11-27(20)15(10-24)12-28-5/h7-9,11,13,15H,6,10,12H2,1-5H3/t15-/m0/s1. The second kappa shape index (κ2) is 8.58. The number of ether oxygens (including phenoxy) is 1. The van der Waals surface area contributed by atoms with Crippen LogP contribution >= 0.6 is 11.6 Å². The first kappa shape index (κ1) is 20.7. The van der Waals surface area contributed by atoms with E-state index < -0.39 is 12.7 Å². The predicted molar refractivity (Wildman–Crippen MR) is 113 cm³/mol. The predicted octanol–water partition coefficient (Wildman–Crippen LogP) is 5.90. The smallest absolute Gasteiger partial charge is 0.112 e. The zero-order valence-electron chi connectivity index (χ0n) is 17.1. The Hall–Kier alpha value is -1.98. The van der Waals surface area contributed by atoms with Crippen LogP contribution in [0.5, 0.6) is 0 Å². The third-order valence-electron chi connectivity index (χ3n) is 5.05. The summed E-state index contributed by atoms with van der Waals surface area (Å²) in [5.74, 6) is 0.361. The van der Waals surface area contributed by atoms with Crippen molar-refractivity contribution in [3.63, 3.8) is 0 Å². The second-order valence-electron chi connectivity index (χ2n) is 7.41. The molecule has 0 N–H and O–H groups in total. The molecule has 4 nitrogen and oxygen atoms in total. The number of pyridine rings is 2. The molecule has 3 rings (SSSR count). The largest absolute Gasteiger partial charge is 0.382 e. The molecule has 0 amide bonds. The molecule has 150 valence electrons. The molecule has 1 atom stereocenters. The first-order valence-corrected chi connectivity index (χ1v) is 10.0. The van der Waals surface area contributed by atoms with E-state index in [1.807, 2.05) is 29.8 Å². The van der Waals surface area contributed by atoms with Gasteiger partial charge in [0.1, 0.15) is 6.67 Å². The van der Waals surface area contributed by atoms with Crippen molar-refractivity contribution in [3.05, 3.63) is 46.4 Å². The number of methoxy groups -OCH3 is 1. The molecule has 0 aromatic carbocycles. The molecule has 6 heteroatoms. The topological polar surface area (TPSA) is 39.9 Å². The first-order chi connectivity index (χ1) is 13.4. The number of rotatable bonds is 7. The molecule has 0 aliphatic carbocycles. The number of fused-ring (bicyclic) bond motifs is 1. The van der Waals surface area contributed by atoms with Crippen LogP contribution in [-0.2, 0) is 11.2 Å². The highest BCUT2D eigenvalue weighted by atomic mass is 35.5. The summed E-state index contributed by atoms with van der Waals surface area (Å²) in [6, 6.07) is 5.57. The van der Waals surface area contributed by atoms with Gasteiger partial charge in [0.25, 0.3) is 0 Å². The van der Waals surface area contributed by atoms with Gasteiger partial charge in [-0.15, -0.1) is 0 Å². The van der Waals surface area contributed by atoms with Crippen molar-refractivity contribution in [2.24, 2.45) is 0 Å². The van der Waals surface area contributed by atoms with Crippen LogP contribution in [0.1, 0.15) is 49.7 Å². The quantitative estimate of drug-likeness (QED) is 0.492. The zero-order valence-corrected chi connectivity index (χ0v) is 17.8. The zero-order chi connectivity index (χ0) is 20.4. The van der Waals surface area contributed by atoms with Gasteiger partial charge >= 0.3 is 0 Å². The van der Waals surface area contributed by atoms with E-state index in [4.69, 9.17) is 26.3 Å². The SMILES string of the molecule is CCc1nc(C(C)C)ccc1-c1nc2c(C)cn([C@@H](CF)COC)c2cc1Cl. The van der Waals surface area contributed by atoms with Crippen LogP contribution in [0.2, 0.25) is 5.02 Å². The van der Waals surface area contributed by atoms with E-state index in [-0.39, 0.29) is 0 Å². The van der Waals surface area contributed by atoms with E-state index in [9.17, 15) is 4.39 Å². The van der Waals surface area contributed by atoms with Gasteiger partial charge in [-0.1, -0.05) is 32.4 Å². The van der Waals surface area contributed by atoms with Gasteiger partial charge < -0.3 is 9.30 Å². The van der Waals surface area contributed by atoms with Crippen molar-refractivity contribution in [1.29, 1.82) is 0 Å². The molecule has 0 aliphatic heterocycles. The van der Waals surface area contributed by atoms with Gasteiger partial charge in [-0.3, -0.25) is 4.98 Å². The molecule has 3 aromatic heterocycles. The van der Waals surface area contributed by atoms with E-state index in [0.717, 1.165) is 45.7 Å². The maximum Gasteiger partial charge on any atom is 0.112 e. The Balaban J connectivity index is 2.17. The number of aromatic nitrogens is 3. The molecule has 0 bridgehead atoms. The van der Waals surface area contributed by atoms with Gasteiger partial charge in [0.2, 0.25) is 0 Å². The lowest BCUT2D eigenvalue weighted by Crippen LogP contribution is -2.15. The third kappa shape index (κ3) is 3.78. The molecule has 0 radical (unpaired) electrons. The second-order valence-corrected chi connectivity index (χ2v) is 7.82. The minimum absolute atomic E-state index is 0.291. The molecule has 3 aromatic rings. The molecule has 0 spiro atoms. The number of aryl methyl sites for hydroxylation is 2. The Morgan fingerprint density at radius 1 is 1.25 bits per heavy atom. The van der Waals surface area contributed by atoms with Crippen molar-refractivity contribution in [1.82, 2.24) is 14.5 Å². The average Bonchev–Trinajstić information content (AvgIpc) is 3.00. The summed E-state index contributed by atoms with van der Waals surface area (Å²) in [4.78, 5) is 9.68. The average molecular weight is 404 g/mol. The van der Waals surface area contributed by atoms with Crippen molar-refractivity contribution in [2.75, 3.05) is 20.4 Å². The maximum atomic E-state index is 13.6. The lowest BCUT2D eigenvalue weighted by Gasteiger charge is -2.16. The van der Waals surface area contributed by atoms with Gasteiger partial charge in [0.15, 0.2) is 0 Å². The number of alkyl halides is 1. The molecule has 0 saturated heterocycles. The maximum absolute atomic E-state index is 13.6. The summed E-state index contributed by atoms with van der Waals surface area (Å²) in [5, 5.41) is 0.538. The number of hydrogen-bond acceptors (Lipinski definition) is 3. The fourth-order valence-electron chi connectivity index (χ4n) is 3.51. The Kier molecular flexibility index (Phi) is 6.36. The van der Waals surface area contributed by atoms with E-state index in [1.54, 1.807) is 7.11 Å². The highest BCUT2D eigenvalue weighted by Crippen LogP contribution is 2.34. The van der Waals surface area contributed by atoms with E-state index >= 15 is 0 Å². The summed E-state index contributed by atoms with van der Waals surface area (Å²) in [5.41, 5.74) is 6.33. The summed E-state index contributed by atoms with van der Waals surface area (Å²) < 4.78 is 20.6. The van der Waals surface area contributed by atoms with Gasteiger partial charge in [-0.2, -0.15) is 0 Å². The van der Waals surface area contributed by atoms with Gasteiger partial charge in [0, 0.05) is 30.3 Å². The van der Waals surface area contributed by atoms with Crippen molar-refractivity contribution in [2.45, 2.75) is 46.1 Å². The molecule has 28 heavy (non-hydrogen) atoms. The molecular weight excluding hydrogens is 377 g/mol. The van der Waals surface area contributed by atoms with E-state index in [2.05, 4.69) is 26.8 Å². The van der Waals surface area contributed by atoms with Gasteiger partial charge in [-0.25, -0.2) is 9.37 Å². The Labute approximate surface area is 170 Å². The van der Waals surface area contributed by atoms with Crippen molar-refractivity contribution in [3.8, 4) is 11.3 Å². The summed E-state index contributed by atoms with van der Waals surface area (Å²) in [6.07, 6.45) is 2.71. The van der Waals surface area contributed by atoms with E-state index in [1.165, 1.54) is 0 Å². The third-order valence-corrected chi connectivity index (χ3v) is 5.34. The lowest BCUT2D eigenvalue weighted by atomic mass is 10.0. The van der Waals surface area contributed by atoms with Crippen LogP contribution in [0.3, 0.4) is 0 Å². The van der Waals surface area contributed by atoms with Crippen LogP contribution in [0.4, 0.5) is 4.39 Å². The minimum Gasteiger partial charge on any atom is -0.382 e. The van der Waals surface area contributed by atoms with Crippen LogP contribution in [0.15, 0.2) is 24.4 Å². The summed E-state index contributed by atoms with van der Waals surface area (Å²) in [6.45, 7) is 8.10. The van der Waals surface area contributed by atoms with Crippen LogP contribution in [0, 0.1) is 6.92 Å². The Morgan fingerprint density at radius 2 is 2.00 bits per heavy atom.